The number of rotatable bonds is 4. The average Bonchev–Trinajstić information content (AvgIpc) is 3.11. The zero-order valence-electron chi connectivity index (χ0n) is 14.8. The van der Waals surface area contributed by atoms with Crippen molar-refractivity contribution in [3.05, 3.63) is 81.9 Å². The Balaban J connectivity index is 1.69. The SMILES string of the molecule is Cc1ccc(Cc2n[nH]c3ncccc23)c(F)c1Oc1ccc(Cl)c(C#N)c1. The van der Waals surface area contributed by atoms with Gasteiger partial charge in [0.05, 0.1) is 16.3 Å². The number of nitrogens with one attached hydrogen (secondary N) is 1. The average molecular weight is 393 g/mol. The molecule has 0 unspecified atom stereocenters. The summed E-state index contributed by atoms with van der Waals surface area (Å²) in [4.78, 5) is 4.20. The molecule has 0 bridgehead atoms. The topological polar surface area (TPSA) is 74.6 Å². The van der Waals surface area contributed by atoms with Crippen molar-refractivity contribution in [2.24, 2.45) is 0 Å². The van der Waals surface area contributed by atoms with Crippen LogP contribution in [0.3, 0.4) is 0 Å². The summed E-state index contributed by atoms with van der Waals surface area (Å²) >= 11 is 5.95. The molecule has 2 aromatic heterocycles. The standard InChI is InChI=1S/C21H14ClFN4O/c1-12-4-5-13(10-18-16-3-2-8-25-21(16)27-26-18)19(23)20(12)28-15-6-7-17(22)14(9-15)11-24/h2-9H,10H2,1H3,(H,25,26,27). The fraction of sp³-hybridized carbons (Fsp3) is 0.0952. The zero-order chi connectivity index (χ0) is 19.7. The highest BCUT2D eigenvalue weighted by Gasteiger charge is 2.17. The lowest BCUT2D eigenvalue weighted by Crippen LogP contribution is -1.99. The van der Waals surface area contributed by atoms with E-state index in [0.717, 1.165) is 5.39 Å². The van der Waals surface area contributed by atoms with E-state index in [-0.39, 0.29) is 17.7 Å². The quantitative estimate of drug-likeness (QED) is 0.510. The zero-order valence-corrected chi connectivity index (χ0v) is 15.6. The van der Waals surface area contributed by atoms with Gasteiger partial charge < -0.3 is 4.74 Å². The van der Waals surface area contributed by atoms with Crippen LogP contribution in [0.1, 0.15) is 22.4 Å². The molecular formula is C21H14ClFN4O. The number of ether oxygens (including phenoxy) is 1. The molecule has 0 saturated heterocycles. The lowest BCUT2D eigenvalue weighted by molar-refractivity contribution is 0.435. The van der Waals surface area contributed by atoms with Crippen LogP contribution in [0, 0.1) is 24.1 Å². The number of aryl methyl sites for hydroxylation is 1. The monoisotopic (exact) mass is 392 g/mol. The Morgan fingerprint density at radius 1 is 1.25 bits per heavy atom. The van der Waals surface area contributed by atoms with Crippen LogP contribution in [0.15, 0.2) is 48.7 Å². The molecule has 0 radical (unpaired) electrons. The third kappa shape index (κ3) is 3.28. The first-order chi connectivity index (χ1) is 13.6. The number of aromatic amines is 1. The van der Waals surface area contributed by atoms with Gasteiger partial charge in [0, 0.05) is 24.1 Å². The van der Waals surface area contributed by atoms with Crippen molar-refractivity contribution in [1.82, 2.24) is 15.2 Å². The van der Waals surface area contributed by atoms with E-state index in [9.17, 15) is 0 Å². The number of fused-ring (bicyclic) bond motifs is 1. The molecule has 0 atom stereocenters. The molecule has 0 saturated carbocycles. The second-order valence-corrected chi connectivity index (χ2v) is 6.69. The van der Waals surface area contributed by atoms with Crippen molar-refractivity contribution in [3.63, 3.8) is 0 Å². The van der Waals surface area contributed by atoms with E-state index in [2.05, 4.69) is 15.2 Å². The van der Waals surface area contributed by atoms with Crippen molar-refractivity contribution in [1.29, 1.82) is 5.26 Å². The Hall–Kier alpha value is -3.43. The third-order valence-electron chi connectivity index (χ3n) is 4.43. The van der Waals surface area contributed by atoms with Gasteiger partial charge in [-0.1, -0.05) is 23.7 Å². The summed E-state index contributed by atoms with van der Waals surface area (Å²) < 4.78 is 21.0. The van der Waals surface area contributed by atoms with E-state index in [1.807, 2.05) is 18.2 Å². The number of halogens is 2. The molecule has 4 aromatic rings. The Labute approximate surface area is 165 Å². The lowest BCUT2D eigenvalue weighted by atomic mass is 10.0. The summed E-state index contributed by atoms with van der Waals surface area (Å²) in [6, 6.07) is 13.8. The number of H-pyrrole nitrogens is 1. The predicted octanol–water partition coefficient (Wildman–Crippen LogP) is 5.31. The van der Waals surface area contributed by atoms with Crippen molar-refractivity contribution in [3.8, 4) is 17.6 Å². The molecule has 2 heterocycles. The number of hydrogen-bond acceptors (Lipinski definition) is 4. The summed E-state index contributed by atoms with van der Waals surface area (Å²) in [5, 5.41) is 17.4. The molecule has 138 valence electrons. The van der Waals surface area contributed by atoms with E-state index in [1.165, 1.54) is 6.07 Å². The molecule has 0 aliphatic rings. The molecule has 0 aliphatic carbocycles. The Morgan fingerprint density at radius 2 is 2.11 bits per heavy atom. The van der Waals surface area contributed by atoms with Crippen LogP contribution in [-0.4, -0.2) is 15.2 Å². The van der Waals surface area contributed by atoms with E-state index in [0.29, 0.717) is 33.2 Å². The molecule has 0 amide bonds. The largest absolute Gasteiger partial charge is 0.454 e. The van der Waals surface area contributed by atoms with Crippen LogP contribution in [0.25, 0.3) is 11.0 Å². The van der Waals surface area contributed by atoms with E-state index >= 15 is 4.39 Å². The number of nitrogens with zero attached hydrogens (tertiary/aromatic N) is 3. The first-order valence-electron chi connectivity index (χ1n) is 8.50. The first-order valence-corrected chi connectivity index (χ1v) is 8.88. The molecule has 0 aliphatic heterocycles. The molecule has 0 fully saturated rings. The van der Waals surface area contributed by atoms with Crippen molar-refractivity contribution in [2.75, 3.05) is 0 Å². The van der Waals surface area contributed by atoms with Crippen LogP contribution >= 0.6 is 11.6 Å². The second kappa shape index (κ2) is 7.29. The number of pyridine rings is 1. The Kier molecular flexibility index (Phi) is 4.68. The maximum absolute atomic E-state index is 15.2. The molecule has 4 rings (SSSR count). The fourth-order valence-corrected chi connectivity index (χ4v) is 3.11. The van der Waals surface area contributed by atoms with Crippen LogP contribution in [0.4, 0.5) is 4.39 Å². The molecule has 0 spiro atoms. The Bertz CT molecular complexity index is 1230. The van der Waals surface area contributed by atoms with Gasteiger partial charge in [-0.05, 0) is 42.3 Å². The van der Waals surface area contributed by atoms with Gasteiger partial charge in [0.1, 0.15) is 11.8 Å². The van der Waals surface area contributed by atoms with E-state index < -0.39 is 5.82 Å². The van der Waals surface area contributed by atoms with Gasteiger partial charge in [0.25, 0.3) is 0 Å². The van der Waals surface area contributed by atoms with Gasteiger partial charge >= 0.3 is 0 Å². The maximum atomic E-state index is 15.2. The predicted molar refractivity (Wildman–Crippen MR) is 104 cm³/mol. The first kappa shape index (κ1) is 18.0. The fourth-order valence-electron chi connectivity index (χ4n) is 2.95. The minimum absolute atomic E-state index is 0.113. The van der Waals surface area contributed by atoms with Crippen LogP contribution in [0.2, 0.25) is 5.02 Å². The second-order valence-electron chi connectivity index (χ2n) is 6.29. The van der Waals surface area contributed by atoms with Gasteiger partial charge in [-0.2, -0.15) is 10.4 Å². The van der Waals surface area contributed by atoms with Gasteiger partial charge in [0.2, 0.25) is 0 Å². The summed E-state index contributed by atoms with van der Waals surface area (Å²) in [5.74, 6) is -0.00954. The van der Waals surface area contributed by atoms with Crippen LogP contribution in [-0.2, 0) is 6.42 Å². The highest BCUT2D eigenvalue weighted by molar-refractivity contribution is 6.31. The summed E-state index contributed by atoms with van der Waals surface area (Å²) in [6.45, 7) is 1.76. The summed E-state index contributed by atoms with van der Waals surface area (Å²) in [6.07, 6.45) is 1.96. The number of hydrogen-bond donors (Lipinski definition) is 1. The molecule has 1 N–H and O–H groups in total. The molecule has 28 heavy (non-hydrogen) atoms. The van der Waals surface area contributed by atoms with E-state index in [4.69, 9.17) is 21.6 Å². The summed E-state index contributed by atoms with van der Waals surface area (Å²) in [7, 11) is 0. The Morgan fingerprint density at radius 3 is 2.93 bits per heavy atom. The van der Waals surface area contributed by atoms with Crippen molar-refractivity contribution < 1.29 is 9.13 Å². The smallest absolute Gasteiger partial charge is 0.169 e. The van der Waals surface area contributed by atoms with Gasteiger partial charge in [-0.15, -0.1) is 0 Å². The van der Waals surface area contributed by atoms with Crippen LogP contribution in [0.5, 0.6) is 11.5 Å². The number of nitriles is 1. The van der Waals surface area contributed by atoms with Crippen molar-refractivity contribution >= 4 is 22.6 Å². The third-order valence-corrected chi connectivity index (χ3v) is 4.76. The number of benzene rings is 2. The minimum atomic E-state index is -0.464. The molecule has 2 aromatic carbocycles. The molecular weight excluding hydrogens is 379 g/mol. The van der Waals surface area contributed by atoms with Crippen LogP contribution < -0.4 is 4.74 Å². The van der Waals surface area contributed by atoms with Crippen molar-refractivity contribution in [2.45, 2.75) is 13.3 Å². The molecule has 5 nitrogen and oxygen atoms in total. The highest BCUT2D eigenvalue weighted by Crippen LogP contribution is 2.33. The van der Waals surface area contributed by atoms with Gasteiger partial charge in [-0.3, -0.25) is 5.10 Å². The van der Waals surface area contributed by atoms with Gasteiger partial charge in [-0.25, -0.2) is 9.37 Å². The maximum Gasteiger partial charge on any atom is 0.169 e. The highest BCUT2D eigenvalue weighted by atomic mass is 35.5. The normalized spacial score (nSPS) is 10.8. The minimum Gasteiger partial charge on any atom is -0.454 e. The summed E-state index contributed by atoms with van der Waals surface area (Å²) in [5.41, 5.74) is 2.72. The lowest BCUT2D eigenvalue weighted by Gasteiger charge is -2.13. The van der Waals surface area contributed by atoms with Gasteiger partial charge in [0.15, 0.2) is 17.2 Å². The number of aromatic nitrogens is 3. The van der Waals surface area contributed by atoms with E-state index in [1.54, 1.807) is 37.4 Å². The molecule has 7 heteroatoms.